The molecule has 0 radical (unpaired) electrons. The van der Waals surface area contributed by atoms with Crippen LogP contribution >= 0.6 is 0 Å². The van der Waals surface area contributed by atoms with Crippen LogP contribution in [0.3, 0.4) is 0 Å². The van der Waals surface area contributed by atoms with E-state index in [0.29, 0.717) is 0 Å². The fourth-order valence-corrected chi connectivity index (χ4v) is 2.58. The summed E-state index contributed by atoms with van der Waals surface area (Å²) < 4.78 is 0. The third-order valence-electron chi connectivity index (χ3n) is 3.70. The molecule has 0 heterocycles. The predicted molar refractivity (Wildman–Crippen MR) is 84.2 cm³/mol. The minimum Gasteiger partial charge on any atom is -0.293 e. The minimum atomic E-state index is -0.0341. The van der Waals surface area contributed by atoms with Crippen molar-refractivity contribution in [2.24, 2.45) is 0 Å². The first-order valence-corrected chi connectivity index (χ1v) is 7.44. The van der Waals surface area contributed by atoms with Gasteiger partial charge < -0.3 is 0 Å². The van der Waals surface area contributed by atoms with Gasteiger partial charge in [0.05, 0.1) is 0 Å². The first-order valence-electron chi connectivity index (χ1n) is 7.44. The third-order valence-corrected chi connectivity index (χ3v) is 3.70. The van der Waals surface area contributed by atoms with E-state index in [0.717, 1.165) is 30.4 Å². The lowest BCUT2D eigenvalue weighted by Gasteiger charge is -2.14. The molecule has 1 atom stereocenters. The maximum Gasteiger partial charge on any atom is 0.170 e. The van der Waals surface area contributed by atoms with Crippen LogP contribution in [0.2, 0.25) is 0 Å². The Bertz CT molecular complexity index is 540. The van der Waals surface area contributed by atoms with Crippen molar-refractivity contribution in [2.45, 2.75) is 39.0 Å². The van der Waals surface area contributed by atoms with Gasteiger partial charge in [-0.3, -0.25) is 4.79 Å². The van der Waals surface area contributed by atoms with Crippen molar-refractivity contribution in [2.75, 3.05) is 0 Å². The van der Waals surface area contributed by atoms with Gasteiger partial charge in [0.25, 0.3) is 0 Å². The number of aryl methyl sites for hydroxylation is 1. The highest BCUT2D eigenvalue weighted by Gasteiger charge is 2.19. The van der Waals surface area contributed by atoms with Crippen LogP contribution in [0.1, 0.15) is 54.1 Å². The van der Waals surface area contributed by atoms with Gasteiger partial charge in [-0.05, 0) is 24.0 Å². The van der Waals surface area contributed by atoms with Crippen LogP contribution in [-0.4, -0.2) is 5.78 Å². The highest BCUT2D eigenvalue weighted by atomic mass is 16.1. The SMILES string of the molecule is CCCc1ccc(C(=O)C(CC)c2ccccc2)cc1. The average Bonchev–Trinajstić information content (AvgIpc) is 2.50. The largest absolute Gasteiger partial charge is 0.293 e. The fraction of sp³-hybridized carbons (Fsp3) is 0.316. The molecule has 0 aromatic heterocycles. The number of carbonyl (C=O) groups excluding carboxylic acids is 1. The lowest BCUT2D eigenvalue weighted by Crippen LogP contribution is -2.12. The molecule has 0 amide bonds. The molecule has 0 saturated carbocycles. The monoisotopic (exact) mass is 266 g/mol. The lowest BCUT2D eigenvalue weighted by molar-refractivity contribution is 0.0957. The summed E-state index contributed by atoms with van der Waals surface area (Å²) in [6.45, 7) is 4.24. The summed E-state index contributed by atoms with van der Waals surface area (Å²) >= 11 is 0. The topological polar surface area (TPSA) is 17.1 Å². The van der Waals surface area contributed by atoms with E-state index in [2.05, 4.69) is 26.0 Å². The van der Waals surface area contributed by atoms with Gasteiger partial charge in [-0.25, -0.2) is 0 Å². The summed E-state index contributed by atoms with van der Waals surface area (Å²) in [7, 11) is 0. The quantitative estimate of drug-likeness (QED) is 0.671. The van der Waals surface area contributed by atoms with Crippen molar-refractivity contribution in [3.8, 4) is 0 Å². The molecule has 0 bridgehead atoms. The van der Waals surface area contributed by atoms with Gasteiger partial charge in [0.1, 0.15) is 0 Å². The Hall–Kier alpha value is -1.89. The van der Waals surface area contributed by atoms with E-state index in [4.69, 9.17) is 0 Å². The summed E-state index contributed by atoms with van der Waals surface area (Å²) in [5, 5.41) is 0. The Morgan fingerprint density at radius 2 is 1.60 bits per heavy atom. The van der Waals surface area contributed by atoms with Gasteiger partial charge in [0.15, 0.2) is 5.78 Å². The molecule has 0 aliphatic rings. The molecule has 2 rings (SSSR count). The maximum absolute atomic E-state index is 12.6. The third kappa shape index (κ3) is 3.36. The molecule has 1 nitrogen and oxygen atoms in total. The zero-order valence-electron chi connectivity index (χ0n) is 12.3. The molecule has 0 saturated heterocycles. The van der Waals surface area contributed by atoms with Crippen LogP contribution in [0.15, 0.2) is 54.6 Å². The molecule has 0 aliphatic carbocycles. The number of benzene rings is 2. The molecule has 1 unspecified atom stereocenters. The maximum atomic E-state index is 12.6. The van der Waals surface area contributed by atoms with Gasteiger partial charge in [-0.1, -0.05) is 74.9 Å². The summed E-state index contributed by atoms with van der Waals surface area (Å²) in [5.41, 5.74) is 3.23. The van der Waals surface area contributed by atoms with Crippen molar-refractivity contribution in [3.63, 3.8) is 0 Å². The summed E-state index contributed by atoms with van der Waals surface area (Å²) in [6, 6.07) is 18.2. The Morgan fingerprint density at radius 3 is 2.15 bits per heavy atom. The minimum absolute atomic E-state index is 0.0341. The molecule has 0 spiro atoms. The van der Waals surface area contributed by atoms with Crippen molar-refractivity contribution >= 4 is 5.78 Å². The Balaban J connectivity index is 2.20. The van der Waals surface area contributed by atoms with E-state index in [9.17, 15) is 4.79 Å². The van der Waals surface area contributed by atoms with Crippen molar-refractivity contribution < 1.29 is 4.79 Å². The van der Waals surface area contributed by atoms with Crippen molar-refractivity contribution in [1.82, 2.24) is 0 Å². The van der Waals surface area contributed by atoms with E-state index in [1.54, 1.807) is 0 Å². The van der Waals surface area contributed by atoms with Gasteiger partial charge >= 0.3 is 0 Å². The van der Waals surface area contributed by atoms with Gasteiger partial charge in [0.2, 0.25) is 0 Å². The van der Waals surface area contributed by atoms with Gasteiger partial charge in [0, 0.05) is 11.5 Å². The predicted octanol–water partition coefficient (Wildman–Crippen LogP) is 5.02. The second kappa shape index (κ2) is 7.04. The summed E-state index contributed by atoms with van der Waals surface area (Å²) in [5.74, 6) is 0.190. The Morgan fingerprint density at radius 1 is 0.950 bits per heavy atom. The highest BCUT2D eigenvalue weighted by molar-refractivity contribution is 6.00. The second-order valence-corrected chi connectivity index (χ2v) is 5.18. The van der Waals surface area contributed by atoms with E-state index < -0.39 is 0 Å². The van der Waals surface area contributed by atoms with Crippen LogP contribution in [0.4, 0.5) is 0 Å². The molecule has 2 aromatic carbocycles. The molecular weight excluding hydrogens is 244 g/mol. The zero-order chi connectivity index (χ0) is 14.4. The fourth-order valence-electron chi connectivity index (χ4n) is 2.58. The van der Waals surface area contributed by atoms with Gasteiger partial charge in [-0.2, -0.15) is 0 Å². The van der Waals surface area contributed by atoms with Crippen molar-refractivity contribution in [3.05, 3.63) is 71.3 Å². The normalized spacial score (nSPS) is 12.1. The molecule has 104 valence electrons. The Labute approximate surface area is 121 Å². The first kappa shape index (κ1) is 14.5. The van der Waals surface area contributed by atoms with Crippen LogP contribution in [0, 0.1) is 0 Å². The second-order valence-electron chi connectivity index (χ2n) is 5.18. The zero-order valence-corrected chi connectivity index (χ0v) is 12.3. The van der Waals surface area contributed by atoms with Crippen LogP contribution < -0.4 is 0 Å². The number of ketones is 1. The number of hydrogen-bond donors (Lipinski definition) is 0. The van der Waals surface area contributed by atoms with Crippen LogP contribution in [0.25, 0.3) is 0 Å². The number of Topliss-reactive ketones (excluding diaryl/α,β-unsaturated/α-hetero) is 1. The molecule has 1 heteroatoms. The standard InChI is InChI=1S/C19H22O/c1-3-8-15-11-13-17(14-12-15)19(20)18(4-2)16-9-6-5-7-10-16/h5-7,9-14,18H,3-4,8H2,1-2H3. The molecule has 20 heavy (non-hydrogen) atoms. The molecule has 2 aromatic rings. The molecular formula is C19H22O. The number of rotatable bonds is 6. The smallest absolute Gasteiger partial charge is 0.170 e. The number of carbonyl (C=O) groups is 1. The highest BCUT2D eigenvalue weighted by Crippen LogP contribution is 2.24. The van der Waals surface area contributed by atoms with Crippen LogP contribution in [0.5, 0.6) is 0 Å². The number of hydrogen-bond acceptors (Lipinski definition) is 1. The molecule has 0 aliphatic heterocycles. The van der Waals surface area contributed by atoms with E-state index in [1.807, 2.05) is 42.5 Å². The summed E-state index contributed by atoms with van der Waals surface area (Å²) in [6.07, 6.45) is 3.04. The molecule has 0 N–H and O–H groups in total. The first-order chi connectivity index (χ1) is 9.76. The average molecular weight is 266 g/mol. The van der Waals surface area contributed by atoms with E-state index >= 15 is 0 Å². The Kier molecular flexibility index (Phi) is 5.11. The van der Waals surface area contributed by atoms with E-state index in [1.165, 1.54) is 5.56 Å². The van der Waals surface area contributed by atoms with Crippen molar-refractivity contribution in [1.29, 1.82) is 0 Å². The van der Waals surface area contributed by atoms with Crippen LogP contribution in [-0.2, 0) is 6.42 Å². The van der Waals surface area contributed by atoms with E-state index in [-0.39, 0.29) is 11.7 Å². The summed E-state index contributed by atoms with van der Waals surface area (Å²) in [4.78, 5) is 12.6. The molecule has 0 fully saturated rings. The lowest BCUT2D eigenvalue weighted by atomic mass is 9.88. The van der Waals surface area contributed by atoms with Gasteiger partial charge in [-0.15, -0.1) is 0 Å².